The first-order valence-electron chi connectivity index (χ1n) is 4.92. The van der Waals surface area contributed by atoms with E-state index in [4.69, 9.17) is 5.73 Å². The van der Waals surface area contributed by atoms with Crippen LogP contribution in [0.1, 0.15) is 29.4 Å². The Kier molecular flexibility index (Phi) is 4.04. The molecule has 1 rings (SSSR count). The smallest absolute Gasteiger partial charge is 0.0900 e. The monoisotopic (exact) mass is 213 g/mol. The molecule has 0 amide bonds. The van der Waals surface area contributed by atoms with Gasteiger partial charge in [0.1, 0.15) is 0 Å². The van der Waals surface area contributed by atoms with Crippen LogP contribution in [0.3, 0.4) is 0 Å². The molecule has 80 valence electrons. The molecule has 2 atom stereocenters. The van der Waals surface area contributed by atoms with Crippen LogP contribution in [0.4, 0.5) is 0 Å². The summed E-state index contributed by atoms with van der Waals surface area (Å²) >= 11 is 1.75. The van der Waals surface area contributed by atoms with Gasteiger partial charge in [-0.3, -0.25) is 0 Å². The molecule has 3 N–H and O–H groups in total. The molecular weight excluding hydrogens is 194 g/mol. The molecule has 0 bridgehead atoms. The van der Waals surface area contributed by atoms with Gasteiger partial charge >= 0.3 is 0 Å². The van der Waals surface area contributed by atoms with E-state index in [-0.39, 0.29) is 6.04 Å². The van der Waals surface area contributed by atoms with Gasteiger partial charge in [0.2, 0.25) is 0 Å². The van der Waals surface area contributed by atoms with E-state index in [1.165, 1.54) is 4.88 Å². The standard InChI is InChI=1S/C10H19N3S/c1-6(11)7(2)12-5-10-8(3)13-9(4)14-10/h6-7,12H,5,11H2,1-4H3. The van der Waals surface area contributed by atoms with Gasteiger partial charge in [0.15, 0.2) is 0 Å². The summed E-state index contributed by atoms with van der Waals surface area (Å²) in [6, 6.07) is 0.529. The zero-order chi connectivity index (χ0) is 10.7. The average molecular weight is 213 g/mol. The first-order chi connectivity index (χ1) is 6.50. The van der Waals surface area contributed by atoms with E-state index in [0.29, 0.717) is 6.04 Å². The van der Waals surface area contributed by atoms with E-state index < -0.39 is 0 Å². The Bertz CT molecular complexity index is 294. The Morgan fingerprint density at radius 3 is 2.50 bits per heavy atom. The quantitative estimate of drug-likeness (QED) is 0.798. The molecule has 0 aliphatic rings. The number of hydrogen-bond donors (Lipinski definition) is 2. The minimum Gasteiger partial charge on any atom is -0.327 e. The van der Waals surface area contributed by atoms with Crippen LogP contribution < -0.4 is 11.1 Å². The van der Waals surface area contributed by atoms with E-state index in [1.807, 2.05) is 13.8 Å². The van der Waals surface area contributed by atoms with Gasteiger partial charge in [0.05, 0.1) is 10.7 Å². The van der Waals surface area contributed by atoms with Gasteiger partial charge in [-0.25, -0.2) is 4.98 Å². The maximum Gasteiger partial charge on any atom is 0.0900 e. The number of thiazole rings is 1. The van der Waals surface area contributed by atoms with Crippen molar-refractivity contribution in [2.75, 3.05) is 0 Å². The lowest BCUT2D eigenvalue weighted by Gasteiger charge is -2.16. The Morgan fingerprint density at radius 1 is 1.43 bits per heavy atom. The second-order valence-corrected chi connectivity index (χ2v) is 5.06. The molecule has 0 spiro atoms. The predicted molar refractivity (Wildman–Crippen MR) is 61.5 cm³/mol. The van der Waals surface area contributed by atoms with Crippen LogP contribution in [0.2, 0.25) is 0 Å². The normalized spacial score (nSPS) is 15.5. The Hall–Kier alpha value is -0.450. The summed E-state index contributed by atoms with van der Waals surface area (Å²) in [6.07, 6.45) is 0. The first kappa shape index (κ1) is 11.6. The van der Waals surface area contributed by atoms with Crippen molar-refractivity contribution in [2.45, 2.75) is 46.3 Å². The van der Waals surface area contributed by atoms with Crippen molar-refractivity contribution in [3.63, 3.8) is 0 Å². The summed E-state index contributed by atoms with van der Waals surface area (Å²) in [5.74, 6) is 0. The Balaban J connectivity index is 2.49. The van der Waals surface area contributed by atoms with E-state index >= 15 is 0 Å². The summed E-state index contributed by atoms with van der Waals surface area (Å²) < 4.78 is 0. The third kappa shape index (κ3) is 3.04. The molecule has 1 heterocycles. The van der Waals surface area contributed by atoms with Crippen LogP contribution in [0.5, 0.6) is 0 Å². The van der Waals surface area contributed by atoms with Gasteiger partial charge in [0.25, 0.3) is 0 Å². The highest BCUT2D eigenvalue weighted by molar-refractivity contribution is 7.11. The number of hydrogen-bond acceptors (Lipinski definition) is 4. The topological polar surface area (TPSA) is 50.9 Å². The fraction of sp³-hybridized carbons (Fsp3) is 0.700. The molecule has 0 saturated heterocycles. The number of nitrogens with one attached hydrogen (secondary N) is 1. The van der Waals surface area contributed by atoms with Crippen LogP contribution in [0.15, 0.2) is 0 Å². The van der Waals surface area contributed by atoms with Crippen molar-refractivity contribution in [3.05, 3.63) is 15.6 Å². The van der Waals surface area contributed by atoms with Crippen molar-refractivity contribution in [1.29, 1.82) is 0 Å². The highest BCUT2D eigenvalue weighted by Crippen LogP contribution is 2.16. The second kappa shape index (κ2) is 4.87. The van der Waals surface area contributed by atoms with Gasteiger partial charge in [-0.1, -0.05) is 0 Å². The second-order valence-electron chi connectivity index (χ2n) is 3.77. The molecule has 3 nitrogen and oxygen atoms in total. The van der Waals surface area contributed by atoms with Gasteiger partial charge in [0, 0.05) is 23.5 Å². The third-order valence-electron chi connectivity index (χ3n) is 2.37. The van der Waals surface area contributed by atoms with Crippen molar-refractivity contribution in [1.82, 2.24) is 10.3 Å². The lowest BCUT2D eigenvalue weighted by atomic mass is 10.2. The summed E-state index contributed by atoms with van der Waals surface area (Å²) in [5.41, 5.74) is 6.90. The predicted octanol–water partition coefficient (Wildman–Crippen LogP) is 1.59. The van der Waals surface area contributed by atoms with Gasteiger partial charge in [-0.15, -0.1) is 11.3 Å². The first-order valence-corrected chi connectivity index (χ1v) is 5.74. The molecule has 0 radical (unpaired) electrons. The lowest BCUT2D eigenvalue weighted by Crippen LogP contribution is -2.40. The van der Waals surface area contributed by atoms with Crippen molar-refractivity contribution in [3.8, 4) is 0 Å². The molecular formula is C10H19N3S. The van der Waals surface area contributed by atoms with Crippen LogP contribution in [-0.4, -0.2) is 17.1 Å². The molecule has 0 aliphatic carbocycles. The summed E-state index contributed by atoms with van der Waals surface area (Å²) in [7, 11) is 0. The number of nitrogens with zero attached hydrogens (tertiary/aromatic N) is 1. The maximum atomic E-state index is 5.77. The van der Waals surface area contributed by atoms with Crippen molar-refractivity contribution in [2.24, 2.45) is 5.73 Å². The minimum absolute atomic E-state index is 0.185. The van der Waals surface area contributed by atoms with Crippen LogP contribution in [-0.2, 0) is 6.54 Å². The molecule has 0 aromatic carbocycles. The molecule has 4 heteroatoms. The fourth-order valence-corrected chi connectivity index (χ4v) is 2.07. The Labute approximate surface area is 89.7 Å². The van der Waals surface area contributed by atoms with Crippen molar-refractivity contribution >= 4 is 11.3 Å². The van der Waals surface area contributed by atoms with Crippen LogP contribution in [0.25, 0.3) is 0 Å². The molecule has 0 aliphatic heterocycles. The van der Waals surface area contributed by atoms with Gasteiger partial charge in [-0.2, -0.15) is 0 Å². The molecule has 14 heavy (non-hydrogen) atoms. The number of nitrogens with two attached hydrogens (primary N) is 1. The lowest BCUT2D eigenvalue weighted by molar-refractivity contribution is 0.479. The average Bonchev–Trinajstić information content (AvgIpc) is 2.40. The molecule has 1 aromatic heterocycles. The molecule has 2 unspecified atom stereocenters. The van der Waals surface area contributed by atoms with Crippen molar-refractivity contribution < 1.29 is 0 Å². The summed E-state index contributed by atoms with van der Waals surface area (Å²) in [5, 5.41) is 4.53. The molecule has 1 aromatic rings. The third-order valence-corrected chi connectivity index (χ3v) is 3.45. The largest absolute Gasteiger partial charge is 0.327 e. The van der Waals surface area contributed by atoms with Crippen LogP contribution >= 0.6 is 11.3 Å². The van der Waals surface area contributed by atoms with E-state index in [1.54, 1.807) is 11.3 Å². The zero-order valence-corrected chi connectivity index (χ0v) is 10.1. The SMILES string of the molecule is Cc1nc(C)c(CNC(C)C(C)N)s1. The highest BCUT2D eigenvalue weighted by Gasteiger charge is 2.09. The highest BCUT2D eigenvalue weighted by atomic mass is 32.1. The summed E-state index contributed by atoms with van der Waals surface area (Å²) in [4.78, 5) is 5.70. The van der Waals surface area contributed by atoms with E-state index in [0.717, 1.165) is 17.2 Å². The fourth-order valence-electron chi connectivity index (χ4n) is 1.18. The molecule has 0 saturated carbocycles. The number of rotatable bonds is 4. The van der Waals surface area contributed by atoms with E-state index in [9.17, 15) is 0 Å². The van der Waals surface area contributed by atoms with E-state index in [2.05, 4.69) is 24.1 Å². The maximum absolute atomic E-state index is 5.77. The molecule has 0 fully saturated rings. The number of aromatic nitrogens is 1. The van der Waals surface area contributed by atoms with Crippen LogP contribution in [0, 0.1) is 13.8 Å². The Morgan fingerprint density at radius 2 is 2.07 bits per heavy atom. The zero-order valence-electron chi connectivity index (χ0n) is 9.29. The summed E-state index contributed by atoms with van der Waals surface area (Å²) in [6.45, 7) is 9.09. The van der Waals surface area contributed by atoms with Gasteiger partial charge < -0.3 is 11.1 Å². The minimum atomic E-state index is 0.185. The van der Waals surface area contributed by atoms with Gasteiger partial charge in [-0.05, 0) is 27.7 Å². The number of aryl methyl sites for hydroxylation is 2.